The third kappa shape index (κ3) is 6.24. The lowest BCUT2D eigenvalue weighted by atomic mass is 10.1. The molecule has 0 radical (unpaired) electrons. The van der Waals surface area contributed by atoms with Crippen molar-refractivity contribution >= 4 is 23.1 Å². The second-order valence-electron chi connectivity index (χ2n) is 11.0. The Hall–Kier alpha value is -4.66. The van der Waals surface area contributed by atoms with Gasteiger partial charge in [-0.25, -0.2) is 4.79 Å². The fraction of sp³-hybridized carbons (Fsp3) is 0.312. The van der Waals surface area contributed by atoms with Crippen LogP contribution in [0.2, 0.25) is 0 Å². The fourth-order valence-electron chi connectivity index (χ4n) is 4.64. The topological polar surface area (TPSA) is 115 Å². The van der Waals surface area contributed by atoms with Crippen molar-refractivity contribution in [2.24, 2.45) is 0 Å². The number of para-hydroxylation sites is 2. The van der Waals surface area contributed by atoms with Gasteiger partial charge in [-0.3, -0.25) is 0 Å². The standard InChI is InChI=1S/C32H32N4O5/c1-32(2,30(37)38)40-25-9-5-7-21(19-25)8-6-18-36(31-33-26-10-3-4-11-27(26)39-31)20-22-12-14-23(15-13-22)28-34-29(41-35-28)24-16-17-24/h3-5,7,9-15,19,24H,6,8,16-18,20H2,1-2H3,(H,37,38). The van der Waals surface area contributed by atoms with Crippen LogP contribution < -0.4 is 9.64 Å². The molecule has 9 nitrogen and oxygen atoms in total. The Bertz CT molecular complexity index is 1620. The predicted octanol–water partition coefficient (Wildman–Crippen LogP) is 6.64. The van der Waals surface area contributed by atoms with Gasteiger partial charge < -0.3 is 23.7 Å². The normalized spacial score (nSPS) is 13.4. The summed E-state index contributed by atoms with van der Waals surface area (Å²) in [7, 11) is 0. The molecular formula is C32H32N4O5. The van der Waals surface area contributed by atoms with Gasteiger partial charge in [0.1, 0.15) is 11.3 Å². The van der Waals surface area contributed by atoms with Crippen molar-refractivity contribution in [1.82, 2.24) is 15.1 Å². The molecule has 9 heteroatoms. The number of carboxylic acids is 1. The number of hydrogen-bond donors (Lipinski definition) is 1. The van der Waals surface area contributed by atoms with E-state index in [1.165, 1.54) is 0 Å². The van der Waals surface area contributed by atoms with Crippen LogP contribution in [0.25, 0.3) is 22.5 Å². The summed E-state index contributed by atoms with van der Waals surface area (Å²) in [5.74, 6) is 1.30. The largest absolute Gasteiger partial charge is 0.478 e. The number of fused-ring (bicyclic) bond motifs is 1. The number of aromatic nitrogens is 3. The minimum Gasteiger partial charge on any atom is -0.478 e. The van der Waals surface area contributed by atoms with Crippen molar-refractivity contribution in [3.63, 3.8) is 0 Å². The third-order valence-electron chi connectivity index (χ3n) is 7.19. The van der Waals surface area contributed by atoms with Crippen LogP contribution >= 0.6 is 0 Å². The maximum Gasteiger partial charge on any atom is 0.347 e. The molecule has 1 N–H and O–H groups in total. The van der Waals surface area contributed by atoms with Crippen LogP contribution in [0.4, 0.5) is 6.01 Å². The molecule has 210 valence electrons. The van der Waals surface area contributed by atoms with Gasteiger partial charge in [-0.1, -0.05) is 53.7 Å². The second-order valence-corrected chi connectivity index (χ2v) is 11.0. The van der Waals surface area contributed by atoms with Gasteiger partial charge >= 0.3 is 5.97 Å². The van der Waals surface area contributed by atoms with E-state index in [1.807, 2.05) is 54.6 Å². The van der Waals surface area contributed by atoms with E-state index in [0.29, 0.717) is 36.6 Å². The fourth-order valence-corrected chi connectivity index (χ4v) is 4.64. The zero-order chi connectivity index (χ0) is 28.4. The van der Waals surface area contributed by atoms with Crippen molar-refractivity contribution in [2.75, 3.05) is 11.4 Å². The Morgan fingerprint density at radius 2 is 1.83 bits per heavy atom. The van der Waals surface area contributed by atoms with Crippen LogP contribution in [-0.4, -0.2) is 38.3 Å². The van der Waals surface area contributed by atoms with E-state index in [-0.39, 0.29) is 0 Å². The van der Waals surface area contributed by atoms with Crippen molar-refractivity contribution < 1.29 is 23.6 Å². The number of oxazole rings is 1. The van der Waals surface area contributed by atoms with Gasteiger partial charge in [0.25, 0.3) is 6.01 Å². The van der Waals surface area contributed by atoms with Crippen molar-refractivity contribution in [3.8, 4) is 17.1 Å². The molecule has 1 saturated carbocycles. The molecule has 1 aliphatic rings. The summed E-state index contributed by atoms with van der Waals surface area (Å²) in [6.45, 7) is 4.40. The van der Waals surface area contributed by atoms with E-state index in [2.05, 4.69) is 27.2 Å². The SMILES string of the molecule is CC(C)(Oc1cccc(CCCN(Cc2ccc(-c3noc(C4CC4)n3)cc2)c2nc3ccccc3o2)c1)C(=O)O. The first-order valence-corrected chi connectivity index (χ1v) is 13.9. The van der Waals surface area contributed by atoms with Crippen molar-refractivity contribution in [2.45, 2.75) is 57.6 Å². The number of carboxylic acid groups (broad SMARTS) is 1. The Morgan fingerprint density at radius 1 is 1.02 bits per heavy atom. The summed E-state index contributed by atoms with van der Waals surface area (Å²) in [6, 6.07) is 24.1. The number of ether oxygens (including phenoxy) is 1. The number of aryl methyl sites for hydroxylation is 1. The highest BCUT2D eigenvalue weighted by molar-refractivity contribution is 5.77. The van der Waals surface area contributed by atoms with Crippen LogP contribution in [0.1, 0.15) is 56.0 Å². The summed E-state index contributed by atoms with van der Waals surface area (Å²) in [5, 5.41) is 13.6. The molecule has 41 heavy (non-hydrogen) atoms. The number of aliphatic carboxylic acids is 1. The van der Waals surface area contributed by atoms with Gasteiger partial charge in [0.2, 0.25) is 11.7 Å². The first-order valence-electron chi connectivity index (χ1n) is 13.9. The number of anilines is 1. The number of nitrogens with zero attached hydrogens (tertiary/aromatic N) is 4. The molecule has 0 amide bonds. The smallest absolute Gasteiger partial charge is 0.347 e. The lowest BCUT2D eigenvalue weighted by molar-refractivity contribution is -0.152. The molecule has 0 unspecified atom stereocenters. The molecule has 0 aliphatic heterocycles. The maximum atomic E-state index is 11.5. The Labute approximate surface area is 237 Å². The Kier molecular flexibility index (Phi) is 7.17. The predicted molar refractivity (Wildman–Crippen MR) is 154 cm³/mol. The van der Waals surface area contributed by atoms with Gasteiger partial charge in [-0.05, 0) is 74.9 Å². The van der Waals surface area contributed by atoms with Gasteiger partial charge in [0.15, 0.2) is 11.2 Å². The van der Waals surface area contributed by atoms with Crippen LogP contribution in [-0.2, 0) is 17.8 Å². The first-order chi connectivity index (χ1) is 19.8. The van der Waals surface area contributed by atoms with Crippen LogP contribution in [0.5, 0.6) is 5.75 Å². The summed E-state index contributed by atoms with van der Waals surface area (Å²) in [6.07, 6.45) is 3.85. The summed E-state index contributed by atoms with van der Waals surface area (Å²) in [5.41, 5.74) is 3.35. The molecule has 5 aromatic rings. The number of carbonyl (C=O) groups is 1. The Balaban J connectivity index is 1.16. The summed E-state index contributed by atoms with van der Waals surface area (Å²) >= 11 is 0. The molecular weight excluding hydrogens is 520 g/mol. The zero-order valence-corrected chi connectivity index (χ0v) is 23.1. The minimum atomic E-state index is -1.30. The molecule has 0 spiro atoms. The molecule has 1 aliphatic carbocycles. The van der Waals surface area contributed by atoms with E-state index < -0.39 is 11.6 Å². The molecule has 0 atom stereocenters. The lowest BCUT2D eigenvalue weighted by Crippen LogP contribution is -2.37. The molecule has 2 heterocycles. The number of benzene rings is 3. The lowest BCUT2D eigenvalue weighted by Gasteiger charge is -2.22. The zero-order valence-electron chi connectivity index (χ0n) is 23.1. The minimum absolute atomic E-state index is 0.423. The average Bonchev–Trinajstić information content (AvgIpc) is 3.52. The molecule has 6 rings (SSSR count). The van der Waals surface area contributed by atoms with E-state index in [9.17, 15) is 9.90 Å². The van der Waals surface area contributed by atoms with Gasteiger partial charge in [0.05, 0.1) is 0 Å². The quantitative estimate of drug-likeness (QED) is 0.182. The molecule has 3 aromatic carbocycles. The van der Waals surface area contributed by atoms with E-state index in [4.69, 9.17) is 18.7 Å². The number of rotatable bonds is 12. The third-order valence-corrected chi connectivity index (χ3v) is 7.19. The molecule has 2 aromatic heterocycles. The van der Waals surface area contributed by atoms with Gasteiger partial charge in [0, 0.05) is 24.6 Å². The highest BCUT2D eigenvalue weighted by Gasteiger charge is 2.30. The van der Waals surface area contributed by atoms with Gasteiger partial charge in [-0.2, -0.15) is 9.97 Å². The van der Waals surface area contributed by atoms with E-state index in [1.54, 1.807) is 19.9 Å². The van der Waals surface area contributed by atoms with Crippen LogP contribution in [0.15, 0.2) is 81.7 Å². The van der Waals surface area contributed by atoms with Gasteiger partial charge in [-0.15, -0.1) is 0 Å². The highest BCUT2D eigenvalue weighted by Crippen LogP contribution is 2.39. The molecule has 0 bridgehead atoms. The monoisotopic (exact) mass is 552 g/mol. The highest BCUT2D eigenvalue weighted by atomic mass is 16.5. The second kappa shape index (κ2) is 11.1. The first kappa shape index (κ1) is 26.6. The van der Waals surface area contributed by atoms with Crippen LogP contribution in [0, 0.1) is 0 Å². The molecule has 1 fully saturated rings. The van der Waals surface area contributed by atoms with E-state index in [0.717, 1.165) is 59.4 Å². The van der Waals surface area contributed by atoms with E-state index >= 15 is 0 Å². The number of hydrogen-bond acceptors (Lipinski definition) is 8. The molecule has 0 saturated heterocycles. The summed E-state index contributed by atoms with van der Waals surface area (Å²) in [4.78, 5) is 22.9. The Morgan fingerprint density at radius 3 is 2.59 bits per heavy atom. The maximum absolute atomic E-state index is 11.5. The van der Waals surface area contributed by atoms with Crippen molar-refractivity contribution in [1.29, 1.82) is 0 Å². The van der Waals surface area contributed by atoms with Crippen LogP contribution in [0.3, 0.4) is 0 Å². The summed E-state index contributed by atoms with van der Waals surface area (Å²) < 4.78 is 17.3. The van der Waals surface area contributed by atoms with Crippen molar-refractivity contribution in [3.05, 3.63) is 89.8 Å². The average molecular weight is 553 g/mol.